The van der Waals surface area contributed by atoms with Crippen molar-refractivity contribution in [3.63, 3.8) is 0 Å². The van der Waals surface area contributed by atoms with E-state index < -0.39 is 0 Å². The fourth-order valence-electron chi connectivity index (χ4n) is 3.16. The average molecular weight is 349 g/mol. The Bertz CT molecular complexity index is 726. The molecule has 1 aliphatic carbocycles. The van der Waals surface area contributed by atoms with Gasteiger partial charge in [-0.15, -0.1) is 10.2 Å². The Morgan fingerprint density at radius 1 is 1.33 bits per heavy atom. The fourth-order valence-corrected chi connectivity index (χ4v) is 3.36. The molecule has 128 valence electrons. The molecule has 1 fully saturated rings. The summed E-state index contributed by atoms with van der Waals surface area (Å²) in [5, 5.41) is 14.3. The van der Waals surface area contributed by atoms with E-state index in [1.165, 1.54) is 6.42 Å². The second kappa shape index (κ2) is 6.49. The number of carbonyl (C=O) groups is 1. The summed E-state index contributed by atoms with van der Waals surface area (Å²) >= 11 is 6.26. The number of likely N-dealkylation sites (N-methyl/N-ethyl adjacent to an activating group) is 2. The number of carbonyl (C=O) groups excluding carboxylic acids is 1. The van der Waals surface area contributed by atoms with Crippen molar-refractivity contribution >= 4 is 17.5 Å². The molecular weight excluding hydrogens is 328 g/mol. The number of amides is 1. The fraction of sp³-hybridized carbons (Fsp3) is 0.500. The minimum absolute atomic E-state index is 0.0716. The van der Waals surface area contributed by atoms with Crippen LogP contribution >= 0.6 is 11.6 Å². The summed E-state index contributed by atoms with van der Waals surface area (Å²) in [6.45, 7) is 0.682. The summed E-state index contributed by atoms with van der Waals surface area (Å²) in [6.07, 6.45) is 3.41. The van der Waals surface area contributed by atoms with Crippen molar-refractivity contribution in [2.24, 2.45) is 0 Å². The van der Waals surface area contributed by atoms with Gasteiger partial charge in [0.2, 0.25) is 5.82 Å². The maximum absolute atomic E-state index is 12.9. The highest BCUT2D eigenvalue weighted by Crippen LogP contribution is 2.37. The van der Waals surface area contributed by atoms with E-state index >= 15 is 0 Å². The van der Waals surface area contributed by atoms with Crippen molar-refractivity contribution in [2.75, 3.05) is 27.7 Å². The van der Waals surface area contributed by atoms with E-state index in [0.717, 1.165) is 12.8 Å². The lowest BCUT2D eigenvalue weighted by Gasteiger charge is -2.49. The van der Waals surface area contributed by atoms with Crippen LogP contribution in [0.25, 0.3) is 11.4 Å². The van der Waals surface area contributed by atoms with Crippen molar-refractivity contribution in [3.05, 3.63) is 28.8 Å². The van der Waals surface area contributed by atoms with Gasteiger partial charge in [-0.25, -0.2) is 0 Å². The van der Waals surface area contributed by atoms with Gasteiger partial charge in [0.05, 0.1) is 10.6 Å². The molecule has 2 aromatic rings. The second-order valence-corrected chi connectivity index (χ2v) is 6.97. The molecule has 0 unspecified atom stereocenters. The number of benzene rings is 1. The van der Waals surface area contributed by atoms with Crippen molar-refractivity contribution in [1.82, 2.24) is 30.4 Å². The van der Waals surface area contributed by atoms with Crippen LogP contribution in [0, 0.1) is 0 Å². The highest BCUT2D eigenvalue weighted by molar-refractivity contribution is 6.34. The van der Waals surface area contributed by atoms with Crippen LogP contribution in [0.2, 0.25) is 5.02 Å². The Hall–Kier alpha value is -1.99. The van der Waals surface area contributed by atoms with E-state index in [9.17, 15) is 4.79 Å². The smallest absolute Gasteiger partial charge is 0.255 e. The first-order valence-corrected chi connectivity index (χ1v) is 8.27. The Balaban J connectivity index is 1.83. The normalized spacial score (nSPS) is 16.0. The van der Waals surface area contributed by atoms with Gasteiger partial charge in [0.15, 0.2) is 0 Å². The molecule has 1 heterocycles. The topological polar surface area (TPSA) is 78.0 Å². The molecule has 0 saturated heterocycles. The number of aromatic nitrogens is 4. The van der Waals surface area contributed by atoms with Gasteiger partial charge in [-0.05, 0) is 56.8 Å². The Labute approximate surface area is 146 Å². The third kappa shape index (κ3) is 3.01. The summed E-state index contributed by atoms with van der Waals surface area (Å²) in [6, 6.07) is 5.19. The molecule has 0 spiro atoms. The van der Waals surface area contributed by atoms with Crippen LogP contribution in [-0.4, -0.2) is 69.6 Å². The van der Waals surface area contributed by atoms with Gasteiger partial charge in [-0.3, -0.25) is 4.79 Å². The van der Waals surface area contributed by atoms with Gasteiger partial charge in [0.1, 0.15) is 0 Å². The Kier molecular flexibility index (Phi) is 4.56. The minimum atomic E-state index is -0.0986. The van der Waals surface area contributed by atoms with Crippen molar-refractivity contribution in [3.8, 4) is 11.4 Å². The van der Waals surface area contributed by atoms with Crippen molar-refractivity contribution in [1.29, 1.82) is 0 Å². The van der Waals surface area contributed by atoms with Crippen LogP contribution in [0.3, 0.4) is 0 Å². The molecule has 8 heteroatoms. The third-order valence-corrected chi connectivity index (χ3v) is 5.24. The van der Waals surface area contributed by atoms with Crippen LogP contribution in [0.5, 0.6) is 0 Å². The molecular formula is C16H21ClN6O. The molecule has 1 amide bonds. The number of halogens is 1. The summed E-state index contributed by atoms with van der Waals surface area (Å²) in [5.41, 5.74) is 1.23. The molecule has 1 N–H and O–H groups in total. The molecule has 0 aliphatic heterocycles. The first-order chi connectivity index (χ1) is 11.4. The number of rotatable bonds is 5. The predicted octanol–water partition coefficient (Wildman–Crippen LogP) is 2.08. The molecule has 24 heavy (non-hydrogen) atoms. The molecule has 0 atom stereocenters. The van der Waals surface area contributed by atoms with Crippen LogP contribution in [0.15, 0.2) is 18.2 Å². The lowest BCUT2D eigenvalue weighted by molar-refractivity contribution is 0.0252. The molecule has 0 bridgehead atoms. The minimum Gasteiger partial charge on any atom is -0.340 e. The van der Waals surface area contributed by atoms with E-state index in [1.54, 1.807) is 23.1 Å². The number of aromatic amines is 1. The van der Waals surface area contributed by atoms with Crippen molar-refractivity contribution < 1.29 is 4.79 Å². The van der Waals surface area contributed by atoms with Crippen LogP contribution < -0.4 is 0 Å². The van der Waals surface area contributed by atoms with E-state index in [-0.39, 0.29) is 11.4 Å². The summed E-state index contributed by atoms with van der Waals surface area (Å²) in [7, 11) is 5.96. The van der Waals surface area contributed by atoms with Crippen LogP contribution in [0.4, 0.5) is 0 Å². The van der Waals surface area contributed by atoms with Gasteiger partial charge in [-0.1, -0.05) is 11.6 Å². The first-order valence-electron chi connectivity index (χ1n) is 7.89. The molecule has 0 radical (unpaired) electrons. The SMILES string of the molecule is CN(CC1(N(C)C)CCC1)C(=O)c1cc(-c2nn[nH]n2)ccc1Cl. The monoisotopic (exact) mass is 348 g/mol. The maximum atomic E-state index is 12.9. The zero-order valence-electron chi connectivity index (χ0n) is 14.1. The molecule has 3 rings (SSSR count). The van der Waals surface area contributed by atoms with Gasteiger partial charge in [-0.2, -0.15) is 5.21 Å². The quantitative estimate of drug-likeness (QED) is 0.895. The average Bonchev–Trinajstić information content (AvgIpc) is 3.04. The lowest BCUT2D eigenvalue weighted by atomic mass is 9.75. The molecule has 1 aromatic carbocycles. The highest BCUT2D eigenvalue weighted by Gasteiger charge is 2.40. The van der Waals surface area contributed by atoms with Crippen molar-refractivity contribution in [2.45, 2.75) is 24.8 Å². The van der Waals surface area contributed by atoms with Gasteiger partial charge < -0.3 is 9.80 Å². The molecule has 1 aliphatic rings. The second-order valence-electron chi connectivity index (χ2n) is 6.56. The Morgan fingerprint density at radius 2 is 2.08 bits per heavy atom. The summed E-state index contributed by atoms with van der Waals surface area (Å²) in [5.74, 6) is 0.339. The number of H-pyrrole nitrogens is 1. The van der Waals surface area contributed by atoms with E-state index in [2.05, 4.69) is 39.6 Å². The molecule has 1 aromatic heterocycles. The first kappa shape index (κ1) is 16.9. The largest absolute Gasteiger partial charge is 0.340 e. The summed E-state index contributed by atoms with van der Waals surface area (Å²) in [4.78, 5) is 16.9. The number of nitrogens with one attached hydrogen (secondary N) is 1. The van der Waals surface area contributed by atoms with Gasteiger partial charge in [0, 0.05) is 24.7 Å². The van der Waals surface area contributed by atoms with E-state index in [4.69, 9.17) is 11.6 Å². The van der Waals surface area contributed by atoms with E-state index in [1.807, 2.05) is 7.05 Å². The van der Waals surface area contributed by atoms with Gasteiger partial charge in [0.25, 0.3) is 5.91 Å². The standard InChI is InChI=1S/C16H21ClN6O/c1-22(2)16(7-4-8-16)10-23(3)15(24)12-9-11(5-6-13(12)17)14-18-20-21-19-14/h5-6,9H,4,7-8,10H2,1-3H3,(H,18,19,20,21). The highest BCUT2D eigenvalue weighted by atomic mass is 35.5. The van der Waals surface area contributed by atoms with Crippen LogP contribution in [0.1, 0.15) is 29.6 Å². The zero-order valence-corrected chi connectivity index (χ0v) is 14.8. The maximum Gasteiger partial charge on any atom is 0.255 e. The number of tetrazole rings is 1. The number of nitrogens with zero attached hydrogens (tertiary/aromatic N) is 5. The summed E-state index contributed by atoms with van der Waals surface area (Å²) < 4.78 is 0. The Morgan fingerprint density at radius 3 is 2.62 bits per heavy atom. The number of hydrogen-bond donors (Lipinski definition) is 1. The van der Waals surface area contributed by atoms with Crippen LogP contribution in [-0.2, 0) is 0 Å². The molecule has 7 nitrogen and oxygen atoms in total. The third-order valence-electron chi connectivity index (χ3n) is 4.91. The van der Waals surface area contributed by atoms with Gasteiger partial charge >= 0.3 is 0 Å². The predicted molar refractivity (Wildman–Crippen MR) is 91.9 cm³/mol. The molecule has 1 saturated carbocycles. The van der Waals surface area contributed by atoms with E-state index in [0.29, 0.717) is 28.5 Å². The zero-order chi connectivity index (χ0) is 17.3. The number of hydrogen-bond acceptors (Lipinski definition) is 5. The lowest BCUT2D eigenvalue weighted by Crippen LogP contribution is -2.57.